The zero-order valence-corrected chi connectivity index (χ0v) is 8.60. The first-order chi connectivity index (χ1) is 6.65. The molecule has 0 unspecified atom stereocenters. The summed E-state index contributed by atoms with van der Waals surface area (Å²) in [5.74, 6) is -0.228. The standard InChI is InChI=1S/C12H15FO/c1-4-9-6-10(7-14)11(5-2)8(3)12(9)13/h4,6,14H,1,5,7H2,2-3H3. The Morgan fingerprint density at radius 2 is 2.21 bits per heavy atom. The highest BCUT2D eigenvalue weighted by atomic mass is 19.1. The van der Waals surface area contributed by atoms with Gasteiger partial charge in [0.2, 0.25) is 0 Å². The fourth-order valence-corrected chi connectivity index (χ4v) is 1.71. The molecule has 0 saturated carbocycles. The molecule has 0 fully saturated rings. The average Bonchev–Trinajstić information content (AvgIpc) is 2.21. The molecule has 14 heavy (non-hydrogen) atoms. The molecule has 1 nitrogen and oxygen atoms in total. The number of hydrogen-bond acceptors (Lipinski definition) is 1. The summed E-state index contributed by atoms with van der Waals surface area (Å²) in [6, 6.07) is 1.66. The summed E-state index contributed by atoms with van der Waals surface area (Å²) in [5, 5.41) is 9.13. The van der Waals surface area contributed by atoms with E-state index >= 15 is 0 Å². The lowest BCUT2D eigenvalue weighted by Crippen LogP contribution is -2.01. The van der Waals surface area contributed by atoms with Crippen molar-refractivity contribution < 1.29 is 9.50 Å². The van der Waals surface area contributed by atoms with Crippen molar-refractivity contribution in [1.29, 1.82) is 0 Å². The van der Waals surface area contributed by atoms with Crippen LogP contribution in [0.3, 0.4) is 0 Å². The Kier molecular flexibility index (Phi) is 3.42. The zero-order chi connectivity index (χ0) is 10.7. The largest absolute Gasteiger partial charge is 0.392 e. The maximum atomic E-state index is 13.6. The molecular weight excluding hydrogens is 179 g/mol. The van der Waals surface area contributed by atoms with Crippen LogP contribution in [-0.4, -0.2) is 5.11 Å². The second-order valence-electron chi connectivity index (χ2n) is 3.26. The smallest absolute Gasteiger partial charge is 0.133 e. The number of hydrogen-bond donors (Lipinski definition) is 1. The Morgan fingerprint density at radius 1 is 1.57 bits per heavy atom. The first-order valence-corrected chi connectivity index (χ1v) is 4.69. The highest BCUT2D eigenvalue weighted by Gasteiger charge is 2.11. The van der Waals surface area contributed by atoms with Gasteiger partial charge in [0.1, 0.15) is 5.82 Å². The second-order valence-corrected chi connectivity index (χ2v) is 3.26. The molecule has 76 valence electrons. The summed E-state index contributed by atoms with van der Waals surface area (Å²) in [6.45, 7) is 7.18. The molecule has 0 saturated heterocycles. The van der Waals surface area contributed by atoms with Gasteiger partial charge in [-0.15, -0.1) is 0 Å². The van der Waals surface area contributed by atoms with Crippen molar-refractivity contribution in [3.05, 3.63) is 40.7 Å². The van der Waals surface area contributed by atoms with Crippen LogP contribution in [0.1, 0.15) is 29.2 Å². The fraction of sp³-hybridized carbons (Fsp3) is 0.333. The summed E-state index contributed by atoms with van der Waals surface area (Å²) in [6.07, 6.45) is 2.21. The van der Waals surface area contributed by atoms with Crippen LogP contribution in [0.15, 0.2) is 12.6 Å². The summed E-state index contributed by atoms with van der Waals surface area (Å²) in [4.78, 5) is 0. The number of rotatable bonds is 3. The Bertz CT molecular complexity index is 356. The van der Waals surface area contributed by atoms with Crippen LogP contribution in [0.2, 0.25) is 0 Å². The molecule has 1 N–H and O–H groups in total. The third kappa shape index (κ3) is 1.70. The lowest BCUT2D eigenvalue weighted by molar-refractivity contribution is 0.280. The van der Waals surface area contributed by atoms with E-state index < -0.39 is 0 Å². The van der Waals surface area contributed by atoms with E-state index in [0.29, 0.717) is 11.1 Å². The molecule has 1 aromatic rings. The minimum absolute atomic E-state index is 0.0505. The molecule has 1 rings (SSSR count). The quantitative estimate of drug-likeness (QED) is 0.784. The van der Waals surface area contributed by atoms with E-state index in [2.05, 4.69) is 6.58 Å². The average molecular weight is 194 g/mol. The lowest BCUT2D eigenvalue weighted by atomic mass is 9.96. The van der Waals surface area contributed by atoms with Gasteiger partial charge in [0.05, 0.1) is 6.61 Å². The van der Waals surface area contributed by atoms with Crippen LogP contribution in [-0.2, 0) is 13.0 Å². The van der Waals surface area contributed by atoms with E-state index in [1.54, 1.807) is 13.0 Å². The molecule has 0 aliphatic carbocycles. The molecule has 0 bridgehead atoms. The first-order valence-electron chi connectivity index (χ1n) is 4.69. The van der Waals surface area contributed by atoms with Gasteiger partial charge in [-0.1, -0.05) is 19.6 Å². The maximum absolute atomic E-state index is 13.6. The highest BCUT2D eigenvalue weighted by Crippen LogP contribution is 2.23. The van der Waals surface area contributed by atoms with E-state index in [1.807, 2.05) is 6.92 Å². The second kappa shape index (κ2) is 4.38. The van der Waals surface area contributed by atoms with Gasteiger partial charge >= 0.3 is 0 Å². The lowest BCUT2D eigenvalue weighted by Gasteiger charge is -2.12. The molecular formula is C12H15FO. The van der Waals surface area contributed by atoms with Crippen molar-refractivity contribution >= 4 is 6.08 Å². The first kappa shape index (κ1) is 10.9. The normalized spacial score (nSPS) is 10.3. The molecule has 0 heterocycles. The summed E-state index contributed by atoms with van der Waals surface area (Å²) < 4.78 is 13.6. The Labute approximate surface area is 83.9 Å². The van der Waals surface area contributed by atoms with Crippen LogP contribution in [0.4, 0.5) is 4.39 Å². The van der Waals surface area contributed by atoms with Crippen LogP contribution in [0.25, 0.3) is 6.08 Å². The SMILES string of the molecule is C=Cc1cc(CO)c(CC)c(C)c1F. The number of benzene rings is 1. The van der Waals surface area contributed by atoms with Crippen molar-refractivity contribution in [1.82, 2.24) is 0 Å². The summed E-state index contributed by atoms with van der Waals surface area (Å²) >= 11 is 0. The van der Waals surface area contributed by atoms with Crippen molar-refractivity contribution in [3.8, 4) is 0 Å². The molecule has 1 aromatic carbocycles. The topological polar surface area (TPSA) is 20.2 Å². The predicted octanol–water partition coefficient (Wildman–Crippen LogP) is 2.83. The molecule has 0 radical (unpaired) electrons. The summed E-state index contributed by atoms with van der Waals surface area (Å²) in [7, 11) is 0. The van der Waals surface area contributed by atoms with Crippen LogP contribution in [0, 0.1) is 12.7 Å². The van der Waals surface area contributed by atoms with E-state index in [0.717, 1.165) is 17.5 Å². The maximum Gasteiger partial charge on any atom is 0.133 e. The van der Waals surface area contributed by atoms with Crippen LogP contribution < -0.4 is 0 Å². The molecule has 0 aromatic heterocycles. The van der Waals surface area contributed by atoms with Crippen molar-refractivity contribution in [2.24, 2.45) is 0 Å². The molecule has 0 aliphatic heterocycles. The number of halogens is 1. The fourth-order valence-electron chi connectivity index (χ4n) is 1.71. The zero-order valence-electron chi connectivity index (χ0n) is 8.60. The van der Waals surface area contributed by atoms with Gasteiger partial charge in [0.15, 0.2) is 0 Å². The Hall–Kier alpha value is -1.15. The van der Waals surface area contributed by atoms with Crippen molar-refractivity contribution in [3.63, 3.8) is 0 Å². The third-order valence-electron chi connectivity index (χ3n) is 2.50. The molecule has 0 aliphatic rings. The number of aliphatic hydroxyl groups excluding tert-OH is 1. The van der Waals surface area contributed by atoms with Gasteiger partial charge in [-0.05, 0) is 36.1 Å². The van der Waals surface area contributed by atoms with E-state index in [1.165, 1.54) is 6.08 Å². The van der Waals surface area contributed by atoms with Gasteiger partial charge in [-0.3, -0.25) is 0 Å². The molecule has 2 heteroatoms. The minimum Gasteiger partial charge on any atom is -0.392 e. The van der Waals surface area contributed by atoms with E-state index in [9.17, 15) is 4.39 Å². The molecule has 0 spiro atoms. The van der Waals surface area contributed by atoms with Crippen molar-refractivity contribution in [2.75, 3.05) is 0 Å². The van der Waals surface area contributed by atoms with Gasteiger partial charge in [-0.25, -0.2) is 4.39 Å². The van der Waals surface area contributed by atoms with Crippen molar-refractivity contribution in [2.45, 2.75) is 26.9 Å². The van der Waals surface area contributed by atoms with Gasteiger partial charge in [-0.2, -0.15) is 0 Å². The van der Waals surface area contributed by atoms with Gasteiger partial charge in [0, 0.05) is 5.56 Å². The Morgan fingerprint density at radius 3 is 2.64 bits per heavy atom. The highest BCUT2D eigenvalue weighted by molar-refractivity contribution is 5.53. The van der Waals surface area contributed by atoms with Crippen LogP contribution in [0.5, 0.6) is 0 Å². The third-order valence-corrected chi connectivity index (χ3v) is 2.50. The van der Waals surface area contributed by atoms with Gasteiger partial charge in [0.25, 0.3) is 0 Å². The van der Waals surface area contributed by atoms with E-state index in [-0.39, 0.29) is 12.4 Å². The summed E-state index contributed by atoms with van der Waals surface area (Å²) in [5.41, 5.74) is 2.77. The monoisotopic (exact) mass is 194 g/mol. The number of aliphatic hydroxyl groups is 1. The molecule has 0 amide bonds. The Balaban J connectivity index is 3.45. The van der Waals surface area contributed by atoms with E-state index in [4.69, 9.17) is 5.11 Å². The van der Waals surface area contributed by atoms with Gasteiger partial charge < -0.3 is 5.11 Å². The predicted molar refractivity (Wildman–Crippen MR) is 56.5 cm³/mol. The van der Waals surface area contributed by atoms with Crippen LogP contribution >= 0.6 is 0 Å². The minimum atomic E-state index is -0.228. The molecule has 0 atom stereocenters.